The molecular weight excluding hydrogens is 264 g/mol. The van der Waals surface area contributed by atoms with Crippen LogP contribution in [-0.4, -0.2) is 28.2 Å². The van der Waals surface area contributed by atoms with Gasteiger partial charge < -0.3 is 9.84 Å². The van der Waals surface area contributed by atoms with Crippen molar-refractivity contribution in [2.24, 2.45) is 0 Å². The Balaban J connectivity index is 2.13. The molecule has 0 aliphatic heterocycles. The molecule has 2 aromatic rings. The molecule has 0 fully saturated rings. The molecule has 0 aliphatic rings. The second-order valence-electron chi connectivity index (χ2n) is 4.32. The lowest BCUT2D eigenvalue weighted by Gasteiger charge is -2.11. The van der Waals surface area contributed by atoms with Crippen LogP contribution in [0.2, 0.25) is 5.02 Å². The van der Waals surface area contributed by atoms with E-state index in [9.17, 15) is 0 Å². The molecule has 19 heavy (non-hydrogen) atoms. The largest absolute Gasteiger partial charge is 0.339 e. The Morgan fingerprint density at radius 2 is 2.32 bits per heavy atom. The van der Waals surface area contributed by atoms with Crippen molar-refractivity contribution in [2.45, 2.75) is 32.2 Å². The predicted octanol–water partition coefficient (Wildman–Crippen LogP) is 2.72. The van der Waals surface area contributed by atoms with Crippen molar-refractivity contribution in [1.29, 1.82) is 0 Å². The first kappa shape index (κ1) is 14.0. The van der Waals surface area contributed by atoms with Crippen LogP contribution in [0.15, 0.2) is 22.9 Å². The first-order valence-corrected chi connectivity index (χ1v) is 6.73. The molecular formula is C13H17ClN4O. The lowest BCUT2D eigenvalue weighted by Crippen LogP contribution is -2.27. The highest BCUT2D eigenvalue weighted by Gasteiger charge is 2.15. The van der Waals surface area contributed by atoms with Crippen molar-refractivity contribution in [3.05, 3.63) is 29.2 Å². The Morgan fingerprint density at radius 3 is 3.00 bits per heavy atom. The van der Waals surface area contributed by atoms with E-state index < -0.39 is 0 Å². The van der Waals surface area contributed by atoms with E-state index in [-0.39, 0.29) is 0 Å². The highest BCUT2D eigenvalue weighted by molar-refractivity contribution is 6.32. The van der Waals surface area contributed by atoms with Gasteiger partial charge in [-0.25, -0.2) is 0 Å². The maximum absolute atomic E-state index is 6.05. The Bertz CT molecular complexity index is 529. The van der Waals surface area contributed by atoms with E-state index in [1.54, 1.807) is 18.3 Å². The number of halogens is 1. The van der Waals surface area contributed by atoms with Crippen molar-refractivity contribution in [3.8, 4) is 11.5 Å². The molecule has 0 amide bonds. The number of nitrogens with one attached hydrogen (secondary N) is 1. The van der Waals surface area contributed by atoms with E-state index >= 15 is 0 Å². The number of likely N-dealkylation sites (N-methyl/N-ethyl adjacent to an activating group) is 1. The zero-order valence-electron chi connectivity index (χ0n) is 11.1. The van der Waals surface area contributed by atoms with Gasteiger partial charge in [-0.2, -0.15) is 4.98 Å². The van der Waals surface area contributed by atoms with Gasteiger partial charge in [-0.05, 0) is 25.6 Å². The fourth-order valence-electron chi connectivity index (χ4n) is 1.89. The van der Waals surface area contributed by atoms with Crippen LogP contribution < -0.4 is 5.32 Å². The van der Waals surface area contributed by atoms with Crippen molar-refractivity contribution in [1.82, 2.24) is 20.4 Å². The fourth-order valence-corrected chi connectivity index (χ4v) is 2.10. The molecule has 0 bridgehead atoms. The van der Waals surface area contributed by atoms with Gasteiger partial charge in [0.1, 0.15) is 5.69 Å². The summed E-state index contributed by atoms with van der Waals surface area (Å²) in [5.74, 6) is 1.04. The van der Waals surface area contributed by atoms with Crippen molar-refractivity contribution >= 4 is 11.6 Å². The standard InChI is InChI=1S/C13H17ClN4O/c1-3-5-9(15-2)8-11-17-13(18-19-11)12-10(14)6-4-7-16-12/h4,6-7,9,15H,3,5,8H2,1-2H3. The third kappa shape index (κ3) is 3.52. The maximum atomic E-state index is 6.05. The highest BCUT2D eigenvalue weighted by Crippen LogP contribution is 2.22. The average Bonchev–Trinajstić information content (AvgIpc) is 2.87. The Labute approximate surface area is 117 Å². The SMILES string of the molecule is CCCC(Cc1nc(-c2ncccc2Cl)no1)NC. The zero-order valence-corrected chi connectivity index (χ0v) is 11.8. The normalized spacial score (nSPS) is 12.6. The first-order chi connectivity index (χ1) is 9.24. The average molecular weight is 281 g/mol. The molecule has 1 atom stereocenters. The molecule has 0 spiro atoms. The topological polar surface area (TPSA) is 63.8 Å². The van der Waals surface area contributed by atoms with Gasteiger partial charge in [-0.1, -0.05) is 30.1 Å². The number of hydrogen-bond acceptors (Lipinski definition) is 5. The predicted molar refractivity (Wildman–Crippen MR) is 74.0 cm³/mol. The van der Waals surface area contributed by atoms with Crippen LogP contribution >= 0.6 is 11.6 Å². The summed E-state index contributed by atoms with van der Waals surface area (Å²) in [4.78, 5) is 8.51. The number of pyridine rings is 1. The molecule has 1 unspecified atom stereocenters. The molecule has 0 aromatic carbocycles. The summed E-state index contributed by atoms with van der Waals surface area (Å²) in [6.45, 7) is 2.15. The van der Waals surface area contributed by atoms with Crippen molar-refractivity contribution in [3.63, 3.8) is 0 Å². The van der Waals surface area contributed by atoms with Crippen LogP contribution in [0.25, 0.3) is 11.5 Å². The lowest BCUT2D eigenvalue weighted by atomic mass is 10.1. The number of aromatic nitrogens is 3. The van der Waals surface area contributed by atoms with Crippen LogP contribution in [0.4, 0.5) is 0 Å². The molecule has 0 radical (unpaired) electrons. The molecule has 1 N–H and O–H groups in total. The summed E-state index contributed by atoms with van der Waals surface area (Å²) in [7, 11) is 1.94. The first-order valence-electron chi connectivity index (χ1n) is 6.35. The number of rotatable bonds is 6. The van der Waals surface area contributed by atoms with Gasteiger partial charge in [0.15, 0.2) is 0 Å². The molecule has 0 aliphatic carbocycles. The number of nitrogens with zero attached hydrogens (tertiary/aromatic N) is 3. The molecule has 2 aromatic heterocycles. The minimum Gasteiger partial charge on any atom is -0.339 e. The molecule has 102 valence electrons. The van der Waals surface area contributed by atoms with Crippen LogP contribution in [-0.2, 0) is 6.42 Å². The van der Waals surface area contributed by atoms with Gasteiger partial charge >= 0.3 is 0 Å². The lowest BCUT2D eigenvalue weighted by molar-refractivity contribution is 0.356. The minimum atomic E-state index is 0.345. The van der Waals surface area contributed by atoms with Crippen LogP contribution in [0, 0.1) is 0 Å². The van der Waals surface area contributed by atoms with E-state index in [0.717, 1.165) is 12.8 Å². The fraction of sp³-hybridized carbons (Fsp3) is 0.462. The van der Waals surface area contributed by atoms with Gasteiger partial charge in [-0.3, -0.25) is 4.98 Å². The summed E-state index contributed by atoms with van der Waals surface area (Å²) < 4.78 is 5.25. The maximum Gasteiger partial charge on any atom is 0.228 e. The third-order valence-corrected chi connectivity index (χ3v) is 3.21. The van der Waals surface area contributed by atoms with E-state index in [0.29, 0.717) is 34.9 Å². The van der Waals surface area contributed by atoms with Gasteiger partial charge in [-0.15, -0.1) is 0 Å². The molecule has 2 rings (SSSR count). The van der Waals surface area contributed by atoms with Gasteiger partial charge in [0.05, 0.1) is 5.02 Å². The van der Waals surface area contributed by atoms with Crippen LogP contribution in [0.3, 0.4) is 0 Å². The summed E-state index contributed by atoms with van der Waals surface area (Å²) in [5, 5.41) is 7.70. The Kier molecular flexibility index (Phi) is 4.87. The van der Waals surface area contributed by atoms with Crippen LogP contribution in [0.5, 0.6) is 0 Å². The monoisotopic (exact) mass is 280 g/mol. The van der Waals surface area contributed by atoms with Gasteiger partial charge in [0.2, 0.25) is 11.7 Å². The summed E-state index contributed by atoms with van der Waals surface area (Å²) >= 11 is 6.05. The highest BCUT2D eigenvalue weighted by atomic mass is 35.5. The summed E-state index contributed by atoms with van der Waals surface area (Å²) in [6.07, 6.45) is 4.55. The Hall–Kier alpha value is -1.46. The quantitative estimate of drug-likeness (QED) is 0.881. The van der Waals surface area contributed by atoms with Crippen molar-refractivity contribution < 1.29 is 4.52 Å². The van der Waals surface area contributed by atoms with E-state index in [2.05, 4.69) is 27.4 Å². The summed E-state index contributed by atoms with van der Waals surface area (Å²) in [5.41, 5.74) is 0.552. The van der Waals surface area contributed by atoms with Gasteiger partial charge in [0.25, 0.3) is 0 Å². The molecule has 2 heterocycles. The molecule has 6 heteroatoms. The van der Waals surface area contributed by atoms with Crippen LogP contribution in [0.1, 0.15) is 25.7 Å². The second-order valence-corrected chi connectivity index (χ2v) is 4.73. The Morgan fingerprint density at radius 1 is 1.47 bits per heavy atom. The van der Waals surface area contributed by atoms with Crippen molar-refractivity contribution in [2.75, 3.05) is 7.05 Å². The third-order valence-electron chi connectivity index (χ3n) is 2.90. The van der Waals surface area contributed by atoms with E-state index in [1.165, 1.54) is 0 Å². The minimum absolute atomic E-state index is 0.345. The molecule has 0 saturated heterocycles. The van der Waals surface area contributed by atoms with E-state index in [1.807, 2.05) is 7.05 Å². The molecule has 0 saturated carbocycles. The number of hydrogen-bond donors (Lipinski definition) is 1. The summed E-state index contributed by atoms with van der Waals surface area (Å²) in [6, 6.07) is 3.87. The van der Waals surface area contributed by atoms with Gasteiger partial charge in [0, 0.05) is 18.7 Å². The second kappa shape index (κ2) is 6.63. The zero-order chi connectivity index (χ0) is 13.7. The van der Waals surface area contributed by atoms with E-state index in [4.69, 9.17) is 16.1 Å². The smallest absolute Gasteiger partial charge is 0.228 e. The molecule has 5 nitrogen and oxygen atoms in total.